The number of fused-ring (bicyclic) bond motifs is 1. The lowest BCUT2D eigenvalue weighted by Crippen LogP contribution is -2.32. The third-order valence-corrected chi connectivity index (χ3v) is 6.65. The van der Waals surface area contributed by atoms with Crippen LogP contribution in [0.4, 0.5) is 5.69 Å². The van der Waals surface area contributed by atoms with Crippen LogP contribution >= 0.6 is 0 Å². The minimum absolute atomic E-state index is 0.140. The molecule has 1 amide bonds. The molecule has 2 aromatic carbocycles. The molecule has 0 aliphatic carbocycles. The van der Waals surface area contributed by atoms with Gasteiger partial charge in [-0.2, -0.15) is 0 Å². The zero-order valence-electron chi connectivity index (χ0n) is 19.3. The molecule has 3 rings (SSSR count). The maximum absolute atomic E-state index is 13.1. The minimum atomic E-state index is -3.32. The Kier molecular flexibility index (Phi) is 7.33. The largest absolute Gasteiger partial charge is 0.490 e. The van der Waals surface area contributed by atoms with Gasteiger partial charge in [0.1, 0.15) is 0 Å². The van der Waals surface area contributed by atoms with E-state index in [1.54, 1.807) is 18.2 Å². The summed E-state index contributed by atoms with van der Waals surface area (Å²) in [4.78, 5) is 13.1. The molecule has 0 fully saturated rings. The zero-order valence-corrected chi connectivity index (χ0v) is 20.2. The Labute approximate surface area is 190 Å². The first-order chi connectivity index (χ1) is 15.2. The van der Waals surface area contributed by atoms with E-state index in [9.17, 15) is 13.2 Å². The molecule has 0 bridgehead atoms. The predicted octanol–water partition coefficient (Wildman–Crippen LogP) is 3.93. The number of benzene rings is 2. The fraction of sp³-hybridized carbons (Fsp3) is 0.458. The average molecular weight is 461 g/mol. The van der Waals surface area contributed by atoms with Gasteiger partial charge in [0.25, 0.3) is 5.91 Å². The summed E-state index contributed by atoms with van der Waals surface area (Å²) in [6, 6.07) is 10.7. The van der Waals surface area contributed by atoms with Gasteiger partial charge in [-0.3, -0.25) is 9.10 Å². The number of anilines is 1. The van der Waals surface area contributed by atoms with Gasteiger partial charge in [0, 0.05) is 12.1 Å². The smallest absolute Gasteiger partial charge is 0.251 e. The molecular weight excluding hydrogens is 428 g/mol. The van der Waals surface area contributed by atoms with Gasteiger partial charge in [0.15, 0.2) is 11.5 Å². The van der Waals surface area contributed by atoms with Crippen LogP contribution in [0.15, 0.2) is 36.4 Å². The second-order valence-electron chi connectivity index (χ2n) is 8.20. The summed E-state index contributed by atoms with van der Waals surface area (Å²) in [5.41, 5.74) is 2.96. The van der Waals surface area contributed by atoms with Crippen LogP contribution in [0.5, 0.6) is 11.5 Å². The molecule has 0 saturated carbocycles. The van der Waals surface area contributed by atoms with E-state index in [2.05, 4.69) is 19.2 Å². The number of carbonyl (C=O) groups excluding carboxylic acids is 1. The van der Waals surface area contributed by atoms with Gasteiger partial charge in [-0.15, -0.1) is 0 Å². The molecule has 0 saturated heterocycles. The summed E-state index contributed by atoms with van der Waals surface area (Å²) < 4.78 is 36.7. The van der Waals surface area contributed by atoms with Crippen molar-refractivity contribution in [3.8, 4) is 11.5 Å². The van der Waals surface area contributed by atoms with E-state index in [1.807, 2.05) is 32.0 Å². The van der Waals surface area contributed by atoms with Gasteiger partial charge < -0.3 is 14.8 Å². The van der Waals surface area contributed by atoms with Gasteiger partial charge in [0.05, 0.1) is 31.2 Å². The minimum Gasteiger partial charge on any atom is -0.490 e. The summed E-state index contributed by atoms with van der Waals surface area (Å²) >= 11 is 0. The van der Waals surface area contributed by atoms with Crippen LogP contribution < -0.4 is 19.1 Å². The quantitative estimate of drug-likeness (QED) is 0.613. The molecule has 1 aliphatic rings. The van der Waals surface area contributed by atoms with E-state index < -0.39 is 10.0 Å². The number of ether oxygens (including phenoxy) is 2. The van der Waals surface area contributed by atoms with Crippen LogP contribution in [0.3, 0.4) is 0 Å². The van der Waals surface area contributed by atoms with E-state index >= 15 is 0 Å². The highest BCUT2D eigenvalue weighted by Crippen LogP contribution is 2.34. The number of rotatable bonds is 9. The highest BCUT2D eigenvalue weighted by Gasteiger charge is 2.27. The highest BCUT2D eigenvalue weighted by atomic mass is 32.2. The summed E-state index contributed by atoms with van der Waals surface area (Å²) in [7, 11) is -3.32. The maximum Gasteiger partial charge on any atom is 0.251 e. The molecule has 1 atom stereocenters. The Bertz CT molecular complexity index is 1080. The van der Waals surface area contributed by atoms with E-state index in [0.717, 1.165) is 11.1 Å². The number of hydrogen-bond acceptors (Lipinski definition) is 5. The van der Waals surface area contributed by atoms with Crippen LogP contribution in [-0.2, 0) is 16.4 Å². The Morgan fingerprint density at radius 1 is 1.06 bits per heavy atom. The molecule has 0 aromatic heterocycles. The lowest BCUT2D eigenvalue weighted by atomic mass is 9.95. The monoisotopic (exact) mass is 460 g/mol. The van der Waals surface area contributed by atoms with Crippen molar-refractivity contribution in [2.24, 2.45) is 5.92 Å². The normalized spacial score (nSPS) is 14.2. The van der Waals surface area contributed by atoms with Crippen LogP contribution in [0.1, 0.15) is 55.2 Å². The lowest BCUT2D eigenvalue weighted by molar-refractivity contribution is 0.0925. The SMILES string of the molecule is CCOc1ccc(C(NC(=O)c2ccc3c(c2)CCN3S(C)(=O)=O)C(C)C)cc1OCC. The predicted molar refractivity (Wildman–Crippen MR) is 126 cm³/mol. The molecule has 1 heterocycles. The zero-order chi connectivity index (χ0) is 23.5. The standard InChI is InChI=1S/C24H32N2O5S/c1-6-30-21-11-9-18(15-22(21)31-7-2)23(16(3)4)25-24(27)19-8-10-20-17(14-19)12-13-26(20)32(5,28)29/h8-11,14-16,23H,6-7,12-13H2,1-5H3,(H,25,27). The van der Waals surface area contributed by atoms with Crippen molar-refractivity contribution in [3.63, 3.8) is 0 Å². The molecule has 32 heavy (non-hydrogen) atoms. The van der Waals surface area contributed by atoms with Crippen molar-refractivity contribution in [2.75, 3.05) is 30.3 Å². The summed E-state index contributed by atoms with van der Waals surface area (Å²) in [6.45, 7) is 9.40. The summed E-state index contributed by atoms with van der Waals surface area (Å²) in [5, 5.41) is 3.14. The Morgan fingerprint density at radius 2 is 1.75 bits per heavy atom. The Balaban J connectivity index is 1.84. The Morgan fingerprint density at radius 3 is 2.38 bits per heavy atom. The first-order valence-corrected chi connectivity index (χ1v) is 12.8. The van der Waals surface area contributed by atoms with Crippen molar-refractivity contribution in [2.45, 2.75) is 40.2 Å². The molecule has 1 unspecified atom stereocenters. The fourth-order valence-corrected chi connectivity index (χ4v) is 4.94. The van der Waals surface area contributed by atoms with Gasteiger partial charge in [-0.05, 0) is 67.6 Å². The second-order valence-corrected chi connectivity index (χ2v) is 10.1. The van der Waals surface area contributed by atoms with E-state index in [-0.39, 0.29) is 17.9 Å². The molecule has 1 aliphatic heterocycles. The molecule has 174 valence electrons. The van der Waals surface area contributed by atoms with E-state index in [4.69, 9.17) is 9.47 Å². The van der Waals surface area contributed by atoms with Crippen LogP contribution in [0, 0.1) is 5.92 Å². The maximum atomic E-state index is 13.1. The van der Waals surface area contributed by atoms with E-state index in [1.165, 1.54) is 10.6 Å². The van der Waals surface area contributed by atoms with Crippen molar-refractivity contribution in [3.05, 3.63) is 53.1 Å². The van der Waals surface area contributed by atoms with Crippen molar-refractivity contribution >= 4 is 21.6 Å². The topological polar surface area (TPSA) is 84.9 Å². The number of nitrogens with one attached hydrogen (secondary N) is 1. The fourth-order valence-electron chi connectivity index (χ4n) is 3.98. The second kappa shape index (κ2) is 9.81. The van der Waals surface area contributed by atoms with Gasteiger partial charge in [0.2, 0.25) is 10.0 Å². The number of carbonyl (C=O) groups is 1. The molecular formula is C24H32N2O5S. The third kappa shape index (κ3) is 5.18. The number of nitrogens with zero attached hydrogens (tertiary/aromatic N) is 1. The third-order valence-electron chi connectivity index (χ3n) is 5.47. The van der Waals surface area contributed by atoms with Gasteiger partial charge >= 0.3 is 0 Å². The number of sulfonamides is 1. The Hall–Kier alpha value is -2.74. The molecule has 8 heteroatoms. The van der Waals surface area contributed by atoms with Crippen LogP contribution in [0.2, 0.25) is 0 Å². The molecule has 0 radical (unpaired) electrons. The highest BCUT2D eigenvalue weighted by molar-refractivity contribution is 7.92. The average Bonchev–Trinajstić information content (AvgIpc) is 3.17. The molecule has 1 N–H and O–H groups in total. The van der Waals surface area contributed by atoms with Crippen LogP contribution in [0.25, 0.3) is 0 Å². The first-order valence-electron chi connectivity index (χ1n) is 11.0. The van der Waals surface area contributed by atoms with Gasteiger partial charge in [-0.1, -0.05) is 19.9 Å². The summed E-state index contributed by atoms with van der Waals surface area (Å²) in [6.07, 6.45) is 1.79. The first kappa shape index (κ1) is 23.9. The van der Waals surface area contributed by atoms with Crippen molar-refractivity contribution in [1.29, 1.82) is 0 Å². The lowest BCUT2D eigenvalue weighted by Gasteiger charge is -2.24. The van der Waals surface area contributed by atoms with Crippen LogP contribution in [-0.4, -0.2) is 40.3 Å². The van der Waals surface area contributed by atoms with Gasteiger partial charge in [-0.25, -0.2) is 8.42 Å². The molecule has 0 spiro atoms. The molecule has 7 nitrogen and oxygen atoms in total. The number of hydrogen-bond donors (Lipinski definition) is 1. The summed E-state index contributed by atoms with van der Waals surface area (Å²) in [5.74, 6) is 1.28. The number of amides is 1. The van der Waals surface area contributed by atoms with Crippen molar-refractivity contribution < 1.29 is 22.7 Å². The van der Waals surface area contributed by atoms with Crippen molar-refractivity contribution in [1.82, 2.24) is 5.32 Å². The van der Waals surface area contributed by atoms with E-state index in [0.29, 0.717) is 48.9 Å². The molecule has 2 aromatic rings.